The molecule has 0 unspecified atom stereocenters. The molecule has 0 radical (unpaired) electrons. The smallest absolute Gasteiger partial charge is 0.310 e. The minimum Gasteiger partial charge on any atom is -0.466 e. The van der Waals surface area contributed by atoms with Gasteiger partial charge in [0, 0.05) is 32.1 Å². The van der Waals surface area contributed by atoms with Crippen LogP contribution in [0.2, 0.25) is 0 Å². The molecule has 2 aliphatic rings. The van der Waals surface area contributed by atoms with Gasteiger partial charge in [-0.1, -0.05) is 0 Å². The molecule has 142 valence electrons. The van der Waals surface area contributed by atoms with Crippen LogP contribution in [0.1, 0.15) is 32.6 Å². The van der Waals surface area contributed by atoms with E-state index in [9.17, 15) is 19.2 Å². The van der Waals surface area contributed by atoms with E-state index < -0.39 is 10.9 Å². The number of nitrogens with zero attached hydrogens (tertiary/aromatic N) is 2. The van der Waals surface area contributed by atoms with E-state index in [1.54, 1.807) is 6.92 Å². The van der Waals surface area contributed by atoms with Crippen molar-refractivity contribution in [2.75, 3.05) is 42.6 Å². The molecule has 26 heavy (non-hydrogen) atoms. The lowest BCUT2D eigenvalue weighted by atomic mass is 9.94. The van der Waals surface area contributed by atoms with Crippen LogP contribution < -0.4 is 26.4 Å². The van der Waals surface area contributed by atoms with Crippen molar-refractivity contribution in [3.63, 3.8) is 0 Å². The summed E-state index contributed by atoms with van der Waals surface area (Å²) in [5.41, 5.74) is 5.24. The lowest BCUT2D eigenvalue weighted by Crippen LogP contribution is -2.51. The fourth-order valence-corrected chi connectivity index (χ4v) is 3.97. The van der Waals surface area contributed by atoms with Crippen LogP contribution >= 0.6 is 0 Å². The quantitative estimate of drug-likeness (QED) is 0.568. The second-order valence-electron chi connectivity index (χ2n) is 7.06. The third kappa shape index (κ3) is 3.32. The molecule has 0 spiro atoms. The zero-order valence-electron chi connectivity index (χ0n) is 15.0. The van der Waals surface area contributed by atoms with E-state index in [4.69, 9.17) is 10.5 Å². The molecule has 3 rings (SSSR count). The van der Waals surface area contributed by atoms with Crippen LogP contribution in [0.15, 0.2) is 9.59 Å². The zero-order valence-corrected chi connectivity index (χ0v) is 15.0. The van der Waals surface area contributed by atoms with Crippen LogP contribution in [0, 0.1) is 11.8 Å². The van der Waals surface area contributed by atoms with Crippen molar-refractivity contribution in [3.8, 4) is 0 Å². The molecule has 2 aliphatic heterocycles. The van der Waals surface area contributed by atoms with Crippen molar-refractivity contribution in [2.24, 2.45) is 17.6 Å². The number of carbonyl (C=O) groups excluding carboxylic acids is 2. The Labute approximate surface area is 151 Å². The SMILES string of the molecule is CCOC(=O)[C@@H]1CCCN(c2c(N3CCC(C(N)=O)CC3)c(=O)c2=O)C1. The van der Waals surface area contributed by atoms with Crippen LogP contribution in [0.3, 0.4) is 0 Å². The molecule has 0 aliphatic carbocycles. The zero-order chi connectivity index (χ0) is 18.8. The Kier molecular flexibility index (Phi) is 5.29. The molecule has 2 fully saturated rings. The summed E-state index contributed by atoms with van der Waals surface area (Å²) in [5.74, 6) is -1.02. The van der Waals surface area contributed by atoms with Crippen molar-refractivity contribution < 1.29 is 14.3 Å². The van der Waals surface area contributed by atoms with E-state index in [0.717, 1.165) is 12.8 Å². The van der Waals surface area contributed by atoms with Gasteiger partial charge < -0.3 is 20.3 Å². The van der Waals surface area contributed by atoms with Crippen molar-refractivity contribution in [1.82, 2.24) is 0 Å². The first-order valence-electron chi connectivity index (χ1n) is 9.23. The number of carbonyl (C=O) groups is 2. The summed E-state index contributed by atoms with van der Waals surface area (Å²) >= 11 is 0. The molecule has 1 aromatic carbocycles. The first-order valence-corrected chi connectivity index (χ1v) is 9.23. The van der Waals surface area contributed by atoms with Crippen LogP contribution in [0.5, 0.6) is 0 Å². The Balaban J connectivity index is 1.75. The molecular weight excluding hydrogens is 338 g/mol. The maximum absolute atomic E-state index is 12.2. The number of ether oxygens (including phenoxy) is 1. The highest BCUT2D eigenvalue weighted by Gasteiger charge is 2.36. The highest BCUT2D eigenvalue weighted by molar-refractivity contribution is 5.80. The molecule has 0 bridgehead atoms. The monoisotopic (exact) mass is 363 g/mol. The molecule has 2 heterocycles. The number of hydrogen-bond acceptors (Lipinski definition) is 7. The summed E-state index contributed by atoms with van der Waals surface area (Å²) in [6, 6.07) is 0. The van der Waals surface area contributed by atoms with Crippen molar-refractivity contribution in [3.05, 3.63) is 20.4 Å². The van der Waals surface area contributed by atoms with Gasteiger partial charge >= 0.3 is 5.97 Å². The van der Waals surface area contributed by atoms with E-state index in [1.165, 1.54) is 0 Å². The summed E-state index contributed by atoms with van der Waals surface area (Å²) in [6.07, 6.45) is 2.66. The first-order chi connectivity index (χ1) is 12.4. The predicted octanol–water partition coefficient (Wildman–Crippen LogP) is -0.236. The highest BCUT2D eigenvalue weighted by atomic mass is 16.5. The summed E-state index contributed by atoms with van der Waals surface area (Å²) in [7, 11) is 0. The van der Waals surface area contributed by atoms with E-state index in [1.807, 2.05) is 9.80 Å². The Morgan fingerprint density at radius 2 is 1.62 bits per heavy atom. The standard InChI is InChI=1S/C18H25N3O5/c1-2-26-18(25)12-4-3-7-21(10-12)14-13(15(22)16(14)23)20-8-5-11(6-9-20)17(19)24/h11-12H,2-10H2,1H3,(H2,19,24)/t12-/m1/s1. The molecule has 1 aromatic rings. The van der Waals surface area contributed by atoms with Crippen molar-refractivity contribution in [2.45, 2.75) is 32.6 Å². The van der Waals surface area contributed by atoms with Gasteiger partial charge in [-0.05, 0) is 32.6 Å². The second kappa shape index (κ2) is 7.47. The third-order valence-electron chi connectivity index (χ3n) is 5.43. The number of hydrogen-bond donors (Lipinski definition) is 1. The van der Waals surface area contributed by atoms with Crippen LogP contribution in [0.4, 0.5) is 11.4 Å². The van der Waals surface area contributed by atoms with Crippen LogP contribution in [0.25, 0.3) is 0 Å². The van der Waals surface area contributed by atoms with Gasteiger partial charge in [-0.25, -0.2) is 0 Å². The van der Waals surface area contributed by atoms with Gasteiger partial charge in [0.25, 0.3) is 10.9 Å². The van der Waals surface area contributed by atoms with Crippen molar-refractivity contribution >= 4 is 23.3 Å². The minimum atomic E-state index is -0.485. The fourth-order valence-electron chi connectivity index (χ4n) is 3.97. The van der Waals surface area contributed by atoms with E-state index in [2.05, 4.69) is 0 Å². The van der Waals surface area contributed by atoms with Gasteiger partial charge in [0.2, 0.25) is 5.91 Å². The van der Waals surface area contributed by atoms with Crippen LogP contribution in [-0.4, -0.2) is 44.7 Å². The molecule has 0 aromatic heterocycles. The second-order valence-corrected chi connectivity index (χ2v) is 7.06. The Morgan fingerprint density at radius 1 is 1.00 bits per heavy atom. The molecule has 2 N–H and O–H groups in total. The number of primary amides is 1. The van der Waals surface area contributed by atoms with Gasteiger partial charge in [-0.15, -0.1) is 0 Å². The average Bonchev–Trinajstić information content (AvgIpc) is 2.65. The summed E-state index contributed by atoms with van der Waals surface area (Å²) in [4.78, 5) is 51.5. The summed E-state index contributed by atoms with van der Waals surface area (Å²) in [6.45, 7) is 4.19. The number of piperidine rings is 2. The maximum atomic E-state index is 12.2. The van der Waals surface area contributed by atoms with E-state index in [-0.39, 0.29) is 23.7 Å². The van der Waals surface area contributed by atoms with Crippen molar-refractivity contribution in [1.29, 1.82) is 0 Å². The minimum absolute atomic E-state index is 0.177. The number of nitrogens with two attached hydrogens (primary N) is 1. The third-order valence-corrected chi connectivity index (χ3v) is 5.43. The Bertz CT molecular complexity index is 759. The Hall–Kier alpha value is -2.38. The number of amides is 1. The molecule has 8 heteroatoms. The fraction of sp³-hybridized carbons (Fsp3) is 0.667. The molecule has 1 amide bonds. The molecule has 1 atom stereocenters. The van der Waals surface area contributed by atoms with E-state index >= 15 is 0 Å². The number of esters is 1. The lowest BCUT2D eigenvalue weighted by molar-refractivity contribution is -0.148. The van der Waals surface area contributed by atoms with Gasteiger partial charge in [-0.3, -0.25) is 19.2 Å². The number of anilines is 2. The van der Waals surface area contributed by atoms with Gasteiger partial charge in [0.1, 0.15) is 11.4 Å². The number of rotatable bonds is 5. The van der Waals surface area contributed by atoms with Gasteiger partial charge in [-0.2, -0.15) is 0 Å². The molecule has 8 nitrogen and oxygen atoms in total. The lowest BCUT2D eigenvalue weighted by Gasteiger charge is -2.39. The molecular formula is C18H25N3O5. The molecule has 0 saturated carbocycles. The normalized spacial score (nSPS) is 21.8. The molecule has 2 saturated heterocycles. The van der Waals surface area contributed by atoms with Gasteiger partial charge in [0.05, 0.1) is 12.5 Å². The summed E-state index contributed by atoms with van der Waals surface area (Å²) < 4.78 is 5.10. The summed E-state index contributed by atoms with van der Waals surface area (Å²) in [5, 5.41) is 0. The Morgan fingerprint density at radius 3 is 2.19 bits per heavy atom. The predicted molar refractivity (Wildman–Crippen MR) is 97.1 cm³/mol. The topological polar surface area (TPSA) is 110 Å². The first kappa shape index (κ1) is 18.4. The van der Waals surface area contributed by atoms with Crippen LogP contribution in [-0.2, 0) is 14.3 Å². The van der Waals surface area contributed by atoms with Gasteiger partial charge in [0.15, 0.2) is 0 Å². The maximum Gasteiger partial charge on any atom is 0.310 e. The van der Waals surface area contributed by atoms with E-state index in [0.29, 0.717) is 57.0 Å². The average molecular weight is 363 g/mol. The largest absolute Gasteiger partial charge is 0.466 e. The highest BCUT2D eigenvalue weighted by Crippen LogP contribution is 2.31.